The Bertz CT molecular complexity index is 954. The number of nitrogens with one attached hydrogen (secondary N) is 1. The molecule has 3 aromatic rings. The van der Waals surface area contributed by atoms with Crippen molar-refractivity contribution in [3.05, 3.63) is 65.6 Å². The molecule has 1 saturated carbocycles. The number of carbonyl (C=O) groups excluding carboxylic acids is 1. The molecule has 2 heterocycles. The number of imidazole rings is 1. The van der Waals surface area contributed by atoms with E-state index in [9.17, 15) is 4.79 Å². The first-order chi connectivity index (χ1) is 13.6. The van der Waals surface area contributed by atoms with E-state index in [1.165, 1.54) is 12.8 Å². The number of benzene rings is 1. The molecule has 1 aliphatic rings. The first-order valence-corrected chi connectivity index (χ1v) is 10.1. The van der Waals surface area contributed by atoms with E-state index in [1.54, 1.807) is 0 Å². The van der Waals surface area contributed by atoms with Crippen LogP contribution in [0, 0.1) is 12.8 Å². The molecule has 0 radical (unpaired) electrons. The fourth-order valence-electron chi connectivity index (χ4n) is 3.81. The number of aromatic nitrogens is 2. The molecule has 5 heteroatoms. The quantitative estimate of drug-likeness (QED) is 0.711. The maximum atomic E-state index is 12.5. The summed E-state index contributed by atoms with van der Waals surface area (Å²) in [4.78, 5) is 17.1. The Hall–Kier alpha value is -2.82. The molecule has 1 N–H and O–H groups in total. The Labute approximate surface area is 165 Å². The molecule has 0 unspecified atom stereocenters. The van der Waals surface area contributed by atoms with Gasteiger partial charge in [0.25, 0.3) is 5.91 Å². The summed E-state index contributed by atoms with van der Waals surface area (Å²) in [6.45, 7) is 4.72. The van der Waals surface area contributed by atoms with Crippen molar-refractivity contribution in [3.8, 4) is 5.75 Å². The SMILES string of the molecule is Cc1cccn2cc(COc3ccc(C(=O)NC4CCC(C)CC4)cc3)nc12. The van der Waals surface area contributed by atoms with Crippen LogP contribution in [0.3, 0.4) is 0 Å². The number of fused-ring (bicyclic) bond motifs is 1. The molecule has 2 aromatic heterocycles. The summed E-state index contributed by atoms with van der Waals surface area (Å²) < 4.78 is 7.86. The van der Waals surface area contributed by atoms with Gasteiger partial charge in [0, 0.05) is 24.0 Å². The van der Waals surface area contributed by atoms with Crippen molar-refractivity contribution >= 4 is 11.6 Å². The lowest BCUT2D eigenvalue weighted by Gasteiger charge is -2.26. The normalized spacial score (nSPS) is 19.5. The molecule has 1 aliphatic carbocycles. The number of aryl methyl sites for hydroxylation is 1. The monoisotopic (exact) mass is 377 g/mol. The number of carbonyl (C=O) groups is 1. The zero-order chi connectivity index (χ0) is 19.5. The lowest BCUT2D eigenvalue weighted by molar-refractivity contribution is 0.0923. The number of nitrogens with zero attached hydrogens (tertiary/aromatic N) is 2. The highest BCUT2D eigenvalue weighted by atomic mass is 16.5. The van der Waals surface area contributed by atoms with Crippen LogP contribution < -0.4 is 10.1 Å². The van der Waals surface area contributed by atoms with Gasteiger partial charge in [-0.15, -0.1) is 0 Å². The summed E-state index contributed by atoms with van der Waals surface area (Å²) in [6.07, 6.45) is 8.51. The minimum atomic E-state index is 0.00179. The van der Waals surface area contributed by atoms with Gasteiger partial charge in [-0.05, 0) is 74.4 Å². The van der Waals surface area contributed by atoms with Gasteiger partial charge in [-0.3, -0.25) is 4.79 Å². The Morgan fingerprint density at radius 1 is 1.18 bits per heavy atom. The molecule has 0 saturated heterocycles. The summed E-state index contributed by atoms with van der Waals surface area (Å²) in [5, 5.41) is 3.16. The van der Waals surface area contributed by atoms with E-state index in [4.69, 9.17) is 4.74 Å². The number of amides is 1. The van der Waals surface area contributed by atoms with Gasteiger partial charge in [-0.1, -0.05) is 13.0 Å². The molecule has 5 nitrogen and oxygen atoms in total. The largest absolute Gasteiger partial charge is 0.487 e. The third kappa shape index (κ3) is 4.19. The van der Waals surface area contributed by atoms with E-state index in [-0.39, 0.29) is 5.91 Å². The fourth-order valence-corrected chi connectivity index (χ4v) is 3.81. The minimum absolute atomic E-state index is 0.00179. The highest BCUT2D eigenvalue weighted by Crippen LogP contribution is 2.24. The van der Waals surface area contributed by atoms with Crippen LogP contribution in [-0.4, -0.2) is 21.3 Å². The van der Waals surface area contributed by atoms with Crippen molar-refractivity contribution in [2.45, 2.75) is 52.2 Å². The second-order valence-electron chi connectivity index (χ2n) is 7.90. The van der Waals surface area contributed by atoms with Crippen LogP contribution in [0.5, 0.6) is 5.75 Å². The van der Waals surface area contributed by atoms with E-state index >= 15 is 0 Å². The molecule has 1 amide bonds. The molecule has 4 rings (SSSR count). The predicted molar refractivity (Wildman–Crippen MR) is 110 cm³/mol. The number of ether oxygens (including phenoxy) is 1. The molecule has 28 heavy (non-hydrogen) atoms. The second kappa shape index (κ2) is 8.05. The molecule has 0 bridgehead atoms. The van der Waals surface area contributed by atoms with E-state index in [0.29, 0.717) is 18.2 Å². The first-order valence-electron chi connectivity index (χ1n) is 10.1. The average molecular weight is 377 g/mol. The van der Waals surface area contributed by atoms with Crippen LogP contribution in [0.25, 0.3) is 5.65 Å². The average Bonchev–Trinajstić information content (AvgIpc) is 3.13. The van der Waals surface area contributed by atoms with Crippen LogP contribution in [0.4, 0.5) is 0 Å². The van der Waals surface area contributed by atoms with Gasteiger partial charge in [0.1, 0.15) is 18.0 Å². The zero-order valence-electron chi connectivity index (χ0n) is 16.5. The molecule has 146 valence electrons. The third-order valence-corrected chi connectivity index (χ3v) is 5.58. The van der Waals surface area contributed by atoms with Gasteiger partial charge in [-0.25, -0.2) is 4.98 Å². The van der Waals surface area contributed by atoms with Gasteiger partial charge < -0.3 is 14.5 Å². The summed E-state index contributed by atoms with van der Waals surface area (Å²) >= 11 is 0. The standard InChI is InChI=1S/C23H27N3O2/c1-16-5-9-19(10-6-16)25-23(27)18-7-11-21(12-8-18)28-15-20-14-26-13-3-4-17(2)22(26)24-20/h3-4,7-8,11-14,16,19H,5-6,9-10,15H2,1-2H3,(H,25,27). The van der Waals surface area contributed by atoms with E-state index in [2.05, 4.69) is 17.2 Å². The highest BCUT2D eigenvalue weighted by molar-refractivity contribution is 5.94. The summed E-state index contributed by atoms with van der Waals surface area (Å²) in [5.41, 5.74) is 3.64. The summed E-state index contributed by atoms with van der Waals surface area (Å²) in [5.74, 6) is 1.51. The molecule has 0 atom stereocenters. The number of pyridine rings is 1. The van der Waals surface area contributed by atoms with Crippen LogP contribution in [0.15, 0.2) is 48.8 Å². The Kier molecular flexibility index (Phi) is 5.33. The summed E-state index contributed by atoms with van der Waals surface area (Å²) in [7, 11) is 0. The van der Waals surface area contributed by atoms with Gasteiger partial charge in [0.15, 0.2) is 0 Å². The minimum Gasteiger partial charge on any atom is -0.487 e. The fraction of sp³-hybridized carbons (Fsp3) is 0.391. The van der Waals surface area contributed by atoms with Crippen molar-refractivity contribution in [2.75, 3.05) is 0 Å². The number of hydrogen-bond donors (Lipinski definition) is 1. The highest BCUT2D eigenvalue weighted by Gasteiger charge is 2.20. The van der Waals surface area contributed by atoms with Crippen molar-refractivity contribution in [3.63, 3.8) is 0 Å². The molecule has 0 spiro atoms. The number of hydrogen-bond acceptors (Lipinski definition) is 3. The molecule has 1 fully saturated rings. The lowest BCUT2D eigenvalue weighted by atomic mass is 9.87. The van der Waals surface area contributed by atoms with Gasteiger partial charge in [-0.2, -0.15) is 0 Å². The van der Waals surface area contributed by atoms with Crippen LogP contribution in [-0.2, 0) is 6.61 Å². The Morgan fingerprint density at radius 3 is 2.64 bits per heavy atom. The van der Waals surface area contributed by atoms with E-state index in [1.807, 2.05) is 60.1 Å². The lowest BCUT2D eigenvalue weighted by Crippen LogP contribution is -2.37. The van der Waals surface area contributed by atoms with Crippen LogP contribution in [0.2, 0.25) is 0 Å². The second-order valence-corrected chi connectivity index (χ2v) is 7.90. The van der Waals surface area contributed by atoms with Gasteiger partial charge in [0.2, 0.25) is 0 Å². The van der Waals surface area contributed by atoms with Crippen molar-refractivity contribution in [1.82, 2.24) is 14.7 Å². The van der Waals surface area contributed by atoms with Crippen molar-refractivity contribution < 1.29 is 9.53 Å². The van der Waals surface area contributed by atoms with Crippen molar-refractivity contribution in [1.29, 1.82) is 0 Å². The molecule has 1 aromatic carbocycles. The maximum Gasteiger partial charge on any atom is 0.251 e. The Morgan fingerprint density at radius 2 is 1.93 bits per heavy atom. The Balaban J connectivity index is 1.33. The van der Waals surface area contributed by atoms with Crippen LogP contribution >= 0.6 is 0 Å². The van der Waals surface area contributed by atoms with Gasteiger partial charge in [0.05, 0.1) is 5.69 Å². The third-order valence-electron chi connectivity index (χ3n) is 5.58. The van der Waals surface area contributed by atoms with Crippen LogP contribution in [0.1, 0.15) is 54.2 Å². The first kappa shape index (κ1) is 18.5. The van der Waals surface area contributed by atoms with E-state index in [0.717, 1.165) is 41.4 Å². The zero-order valence-corrected chi connectivity index (χ0v) is 16.5. The van der Waals surface area contributed by atoms with Crippen molar-refractivity contribution in [2.24, 2.45) is 5.92 Å². The topological polar surface area (TPSA) is 55.6 Å². The number of rotatable bonds is 5. The maximum absolute atomic E-state index is 12.5. The van der Waals surface area contributed by atoms with Gasteiger partial charge >= 0.3 is 0 Å². The summed E-state index contributed by atoms with van der Waals surface area (Å²) in [6, 6.07) is 11.7. The molecule has 0 aliphatic heterocycles. The van der Waals surface area contributed by atoms with E-state index < -0.39 is 0 Å². The predicted octanol–water partition coefficient (Wildman–Crippen LogP) is 4.53. The smallest absolute Gasteiger partial charge is 0.251 e. The molecular formula is C23H27N3O2. The molecular weight excluding hydrogens is 350 g/mol.